The molecule has 1 fully saturated rings. The maximum Gasteiger partial charge on any atom is 0.242 e. The number of nitrogens with zero attached hydrogens (tertiary/aromatic N) is 1. The first kappa shape index (κ1) is 15.5. The van der Waals surface area contributed by atoms with Crippen LogP contribution >= 0.6 is 0 Å². The highest BCUT2D eigenvalue weighted by Gasteiger charge is 2.32. The zero-order valence-corrected chi connectivity index (χ0v) is 12.8. The third-order valence-electron chi connectivity index (χ3n) is 4.25. The lowest BCUT2D eigenvalue weighted by Gasteiger charge is -2.24. The molecule has 4 heteroatoms. The largest absolute Gasteiger partial charge is 0.354 e. The maximum absolute atomic E-state index is 12.3. The molecule has 2 rings (SSSR count). The van der Waals surface area contributed by atoms with Crippen LogP contribution in [0.5, 0.6) is 0 Å². The van der Waals surface area contributed by atoms with Gasteiger partial charge < -0.3 is 10.2 Å². The third kappa shape index (κ3) is 3.84. The number of rotatable bonds is 5. The van der Waals surface area contributed by atoms with Gasteiger partial charge in [0.25, 0.3) is 0 Å². The van der Waals surface area contributed by atoms with Gasteiger partial charge in [0, 0.05) is 25.9 Å². The molecule has 1 N–H and O–H groups in total. The van der Waals surface area contributed by atoms with Gasteiger partial charge in [0.1, 0.15) is 6.04 Å². The second kappa shape index (κ2) is 7.25. The number of carbonyl (C=O) groups excluding carboxylic acids is 2. The van der Waals surface area contributed by atoms with E-state index in [-0.39, 0.29) is 17.9 Å². The molecule has 21 heavy (non-hydrogen) atoms. The number of hydrogen-bond donors (Lipinski definition) is 1. The Labute approximate surface area is 126 Å². The maximum atomic E-state index is 12.3. The van der Waals surface area contributed by atoms with Crippen molar-refractivity contribution in [1.29, 1.82) is 0 Å². The molecule has 1 aromatic rings. The molecular weight excluding hydrogens is 264 g/mol. The molecule has 114 valence electrons. The minimum absolute atomic E-state index is 0.0113. The van der Waals surface area contributed by atoms with Crippen LogP contribution in [-0.4, -0.2) is 35.8 Å². The van der Waals surface area contributed by atoms with Gasteiger partial charge in [-0.05, 0) is 24.8 Å². The van der Waals surface area contributed by atoms with Gasteiger partial charge in [-0.15, -0.1) is 0 Å². The van der Waals surface area contributed by atoms with Gasteiger partial charge >= 0.3 is 0 Å². The molecule has 2 amide bonds. The molecule has 4 nitrogen and oxygen atoms in total. The van der Waals surface area contributed by atoms with Crippen molar-refractivity contribution in [2.75, 3.05) is 13.1 Å². The molecule has 0 bridgehead atoms. The zero-order valence-electron chi connectivity index (χ0n) is 12.8. The summed E-state index contributed by atoms with van der Waals surface area (Å²) in [7, 11) is 0. The lowest BCUT2D eigenvalue weighted by molar-refractivity contribution is -0.136. The highest BCUT2D eigenvalue weighted by molar-refractivity contribution is 5.87. The summed E-state index contributed by atoms with van der Waals surface area (Å²) in [5.74, 6) is 0.294. The van der Waals surface area contributed by atoms with Crippen molar-refractivity contribution in [2.45, 2.75) is 45.1 Å². The van der Waals surface area contributed by atoms with Crippen molar-refractivity contribution >= 4 is 11.8 Å². The van der Waals surface area contributed by atoms with Crippen LogP contribution in [0, 0.1) is 0 Å². The average Bonchev–Trinajstić information content (AvgIpc) is 2.98. The number of benzene rings is 1. The van der Waals surface area contributed by atoms with Crippen LogP contribution in [-0.2, 0) is 9.59 Å². The van der Waals surface area contributed by atoms with Crippen LogP contribution in [0.1, 0.15) is 44.6 Å². The van der Waals surface area contributed by atoms with E-state index in [1.54, 1.807) is 4.90 Å². The van der Waals surface area contributed by atoms with Crippen molar-refractivity contribution in [3.8, 4) is 0 Å². The van der Waals surface area contributed by atoms with E-state index in [0.29, 0.717) is 19.0 Å². The first-order valence-electron chi connectivity index (χ1n) is 7.73. The van der Waals surface area contributed by atoms with E-state index >= 15 is 0 Å². The Bertz CT molecular complexity index is 487. The van der Waals surface area contributed by atoms with Gasteiger partial charge in [0.05, 0.1) is 0 Å². The van der Waals surface area contributed by atoms with Crippen molar-refractivity contribution in [1.82, 2.24) is 10.2 Å². The van der Waals surface area contributed by atoms with Crippen molar-refractivity contribution in [3.63, 3.8) is 0 Å². The number of nitrogens with one attached hydrogen (secondary N) is 1. The van der Waals surface area contributed by atoms with Crippen molar-refractivity contribution < 1.29 is 9.59 Å². The van der Waals surface area contributed by atoms with Gasteiger partial charge in [-0.2, -0.15) is 0 Å². The molecule has 2 atom stereocenters. The van der Waals surface area contributed by atoms with Gasteiger partial charge in [0.15, 0.2) is 0 Å². The first-order valence-corrected chi connectivity index (χ1v) is 7.73. The first-order chi connectivity index (χ1) is 10.1. The summed E-state index contributed by atoms with van der Waals surface area (Å²) in [5.41, 5.74) is 1.25. The van der Waals surface area contributed by atoms with Gasteiger partial charge in [-0.3, -0.25) is 9.59 Å². The molecule has 1 heterocycles. The summed E-state index contributed by atoms with van der Waals surface area (Å²) in [4.78, 5) is 25.5. The fraction of sp³-hybridized carbons (Fsp3) is 0.529. The summed E-state index contributed by atoms with van der Waals surface area (Å²) >= 11 is 0. The van der Waals surface area contributed by atoms with Crippen molar-refractivity contribution in [3.05, 3.63) is 35.9 Å². The lowest BCUT2D eigenvalue weighted by Crippen LogP contribution is -2.46. The van der Waals surface area contributed by atoms with Gasteiger partial charge in [0.2, 0.25) is 11.8 Å². The van der Waals surface area contributed by atoms with Crippen molar-refractivity contribution in [2.24, 2.45) is 0 Å². The quantitative estimate of drug-likeness (QED) is 0.904. The Hall–Kier alpha value is -1.84. The Kier molecular flexibility index (Phi) is 5.37. The van der Waals surface area contributed by atoms with E-state index in [2.05, 4.69) is 24.4 Å². The Morgan fingerprint density at radius 3 is 2.67 bits per heavy atom. The van der Waals surface area contributed by atoms with Crippen LogP contribution in [0.2, 0.25) is 0 Å². The van der Waals surface area contributed by atoms with E-state index in [0.717, 1.165) is 19.3 Å². The summed E-state index contributed by atoms with van der Waals surface area (Å²) in [5, 5.41) is 3.03. The van der Waals surface area contributed by atoms with Crippen LogP contribution in [0.4, 0.5) is 0 Å². The number of likely N-dealkylation sites (tertiary alicyclic amines) is 1. The Morgan fingerprint density at radius 2 is 2.05 bits per heavy atom. The molecule has 0 unspecified atom stereocenters. The fourth-order valence-electron chi connectivity index (χ4n) is 2.98. The van der Waals surface area contributed by atoms with Crippen LogP contribution in [0.3, 0.4) is 0 Å². The number of carbonyl (C=O) groups is 2. The molecule has 0 aromatic heterocycles. The van der Waals surface area contributed by atoms with E-state index in [4.69, 9.17) is 0 Å². The Morgan fingerprint density at radius 1 is 1.33 bits per heavy atom. The predicted octanol–water partition coefficient (Wildman–Crippen LogP) is 2.31. The monoisotopic (exact) mass is 288 g/mol. The van der Waals surface area contributed by atoms with Crippen LogP contribution in [0.15, 0.2) is 30.3 Å². The van der Waals surface area contributed by atoms with E-state index < -0.39 is 0 Å². The molecular formula is C17H24N2O2. The topological polar surface area (TPSA) is 49.4 Å². The highest BCUT2D eigenvalue weighted by atomic mass is 16.2. The van der Waals surface area contributed by atoms with E-state index in [1.165, 1.54) is 12.5 Å². The molecule has 1 aliphatic rings. The third-order valence-corrected chi connectivity index (χ3v) is 4.25. The normalized spacial score (nSPS) is 19.3. The highest BCUT2D eigenvalue weighted by Crippen LogP contribution is 2.20. The summed E-state index contributed by atoms with van der Waals surface area (Å²) < 4.78 is 0. The summed E-state index contributed by atoms with van der Waals surface area (Å²) in [6.07, 6.45) is 2.66. The second-order valence-electron chi connectivity index (χ2n) is 5.63. The SMILES string of the molecule is CC[C@@H](CNC(=O)[C@H]1CCCN1C(C)=O)c1ccccc1. The van der Waals surface area contributed by atoms with Crippen LogP contribution in [0.25, 0.3) is 0 Å². The number of hydrogen-bond acceptors (Lipinski definition) is 2. The zero-order chi connectivity index (χ0) is 15.2. The van der Waals surface area contributed by atoms with Crippen LogP contribution < -0.4 is 5.32 Å². The lowest BCUT2D eigenvalue weighted by atomic mass is 9.96. The van der Waals surface area contributed by atoms with E-state index in [1.807, 2.05) is 18.2 Å². The summed E-state index contributed by atoms with van der Waals surface area (Å²) in [6.45, 7) is 4.98. The molecule has 0 saturated carbocycles. The smallest absolute Gasteiger partial charge is 0.242 e. The minimum Gasteiger partial charge on any atom is -0.354 e. The fourth-order valence-corrected chi connectivity index (χ4v) is 2.98. The standard InChI is InChI=1S/C17H24N2O2/c1-3-14(15-8-5-4-6-9-15)12-18-17(21)16-10-7-11-19(16)13(2)20/h4-6,8-9,14,16H,3,7,10-12H2,1-2H3,(H,18,21)/t14-,16+/m0/s1. The Balaban J connectivity index is 1.92. The molecule has 1 aliphatic heterocycles. The molecule has 1 saturated heterocycles. The van der Waals surface area contributed by atoms with Gasteiger partial charge in [-0.25, -0.2) is 0 Å². The molecule has 0 spiro atoms. The molecule has 0 aliphatic carbocycles. The van der Waals surface area contributed by atoms with E-state index in [9.17, 15) is 9.59 Å². The molecule has 0 radical (unpaired) electrons. The molecule has 1 aromatic carbocycles. The predicted molar refractivity (Wildman–Crippen MR) is 82.9 cm³/mol. The summed E-state index contributed by atoms with van der Waals surface area (Å²) in [6, 6.07) is 9.95. The number of amides is 2. The average molecular weight is 288 g/mol. The van der Waals surface area contributed by atoms with Gasteiger partial charge in [-0.1, -0.05) is 37.3 Å². The second-order valence-corrected chi connectivity index (χ2v) is 5.63. The minimum atomic E-state index is -0.282.